The highest BCUT2D eigenvalue weighted by atomic mass is 79.9. The highest BCUT2D eigenvalue weighted by molar-refractivity contribution is 9.10. The Morgan fingerprint density at radius 2 is 1.94 bits per heavy atom. The molecule has 1 aromatic carbocycles. The zero-order chi connectivity index (χ0) is 12.3. The van der Waals surface area contributed by atoms with Crippen molar-refractivity contribution in [3.8, 4) is 0 Å². The molecule has 0 aliphatic carbocycles. The number of aliphatic hydroxyl groups is 1. The van der Waals surface area contributed by atoms with Crippen LogP contribution in [0.3, 0.4) is 0 Å². The Labute approximate surface area is 107 Å². The highest BCUT2D eigenvalue weighted by Crippen LogP contribution is 2.27. The maximum Gasteiger partial charge on any atom is 0.151 e. The first-order valence-corrected chi connectivity index (χ1v) is 5.85. The fourth-order valence-corrected chi connectivity index (χ4v) is 2.06. The number of benzene rings is 1. The van der Waals surface area contributed by atoms with Crippen LogP contribution in [-0.4, -0.2) is 16.4 Å². The lowest BCUT2D eigenvalue weighted by atomic mass is 9.99. The van der Waals surface area contributed by atoms with Crippen molar-refractivity contribution in [2.45, 2.75) is 6.10 Å². The Morgan fingerprint density at radius 1 is 1.24 bits per heavy atom. The molecular formula is C13H10BrNO2. The molecule has 2 aromatic rings. The summed E-state index contributed by atoms with van der Waals surface area (Å²) in [5.74, 6) is 0. The number of hydrogen-bond acceptors (Lipinski definition) is 3. The number of rotatable bonds is 3. The second kappa shape index (κ2) is 5.21. The number of carbonyl (C=O) groups is 1. The molecule has 0 amide bonds. The minimum Gasteiger partial charge on any atom is -0.384 e. The molecule has 86 valence electrons. The first kappa shape index (κ1) is 12.0. The summed E-state index contributed by atoms with van der Waals surface area (Å²) in [6.07, 6.45) is 2.91. The lowest BCUT2D eigenvalue weighted by Crippen LogP contribution is -2.04. The summed E-state index contributed by atoms with van der Waals surface area (Å²) in [6.45, 7) is 0. The first-order chi connectivity index (χ1) is 8.24. The van der Waals surface area contributed by atoms with Crippen LogP contribution in [0.15, 0.2) is 47.2 Å². The van der Waals surface area contributed by atoms with Gasteiger partial charge in [-0.2, -0.15) is 0 Å². The lowest BCUT2D eigenvalue weighted by Gasteiger charge is -2.13. The first-order valence-electron chi connectivity index (χ1n) is 5.05. The monoisotopic (exact) mass is 291 g/mol. The fourth-order valence-electron chi connectivity index (χ4n) is 1.62. The predicted molar refractivity (Wildman–Crippen MR) is 67.8 cm³/mol. The topological polar surface area (TPSA) is 50.2 Å². The van der Waals surface area contributed by atoms with Crippen molar-refractivity contribution < 1.29 is 9.90 Å². The van der Waals surface area contributed by atoms with E-state index < -0.39 is 6.10 Å². The number of carbonyl (C=O) groups excluding carboxylic acids is 1. The Morgan fingerprint density at radius 3 is 2.59 bits per heavy atom. The molecule has 0 aliphatic heterocycles. The van der Waals surface area contributed by atoms with Gasteiger partial charge in [0.2, 0.25) is 0 Å². The van der Waals surface area contributed by atoms with Crippen LogP contribution in [-0.2, 0) is 0 Å². The van der Waals surface area contributed by atoms with Gasteiger partial charge < -0.3 is 5.11 Å². The van der Waals surface area contributed by atoms with Gasteiger partial charge in [0.25, 0.3) is 0 Å². The van der Waals surface area contributed by atoms with Crippen molar-refractivity contribution >= 4 is 22.2 Å². The van der Waals surface area contributed by atoms with E-state index in [4.69, 9.17) is 0 Å². The van der Waals surface area contributed by atoms with Crippen LogP contribution in [0.5, 0.6) is 0 Å². The smallest absolute Gasteiger partial charge is 0.151 e. The SMILES string of the molecule is O=Cc1c(Br)cncc1C(O)c1ccccc1. The fraction of sp³-hybridized carbons (Fsp3) is 0.0769. The quantitative estimate of drug-likeness (QED) is 0.885. The zero-order valence-corrected chi connectivity index (χ0v) is 10.5. The number of nitrogens with zero attached hydrogens (tertiary/aromatic N) is 1. The molecule has 0 bridgehead atoms. The van der Waals surface area contributed by atoms with Gasteiger partial charge in [-0.3, -0.25) is 9.78 Å². The molecule has 1 aromatic heterocycles. The third-order valence-electron chi connectivity index (χ3n) is 2.50. The average molecular weight is 292 g/mol. The van der Waals surface area contributed by atoms with E-state index in [0.29, 0.717) is 21.9 Å². The number of hydrogen-bond donors (Lipinski definition) is 1. The molecule has 3 nitrogen and oxygen atoms in total. The van der Waals surface area contributed by atoms with E-state index in [1.807, 2.05) is 18.2 Å². The largest absolute Gasteiger partial charge is 0.384 e. The number of aldehydes is 1. The molecule has 0 fully saturated rings. The van der Waals surface area contributed by atoms with Gasteiger partial charge in [0.15, 0.2) is 6.29 Å². The van der Waals surface area contributed by atoms with Gasteiger partial charge in [0.05, 0.1) is 0 Å². The minimum absolute atomic E-state index is 0.427. The Bertz CT molecular complexity index is 528. The molecule has 0 aliphatic rings. The van der Waals surface area contributed by atoms with Crippen molar-refractivity contribution in [1.82, 2.24) is 4.98 Å². The second-order valence-electron chi connectivity index (χ2n) is 3.56. The number of aliphatic hydroxyl groups excluding tert-OH is 1. The van der Waals surface area contributed by atoms with Crippen molar-refractivity contribution in [2.24, 2.45) is 0 Å². The van der Waals surface area contributed by atoms with Gasteiger partial charge in [-0.1, -0.05) is 30.3 Å². The van der Waals surface area contributed by atoms with Crippen LogP contribution in [0.4, 0.5) is 0 Å². The summed E-state index contributed by atoms with van der Waals surface area (Å²) in [6, 6.07) is 9.16. The summed E-state index contributed by atoms with van der Waals surface area (Å²) in [5, 5.41) is 10.2. The van der Waals surface area contributed by atoms with E-state index in [9.17, 15) is 9.90 Å². The Kier molecular flexibility index (Phi) is 3.66. The van der Waals surface area contributed by atoms with Gasteiger partial charge in [-0.05, 0) is 21.5 Å². The van der Waals surface area contributed by atoms with E-state index in [-0.39, 0.29) is 0 Å². The Balaban J connectivity index is 2.48. The molecule has 0 saturated heterocycles. The molecule has 1 heterocycles. The molecule has 1 atom stereocenters. The summed E-state index contributed by atoms with van der Waals surface area (Å²) in [5.41, 5.74) is 1.66. The van der Waals surface area contributed by atoms with E-state index >= 15 is 0 Å². The standard InChI is InChI=1S/C13H10BrNO2/c14-12-7-15-6-10(11(12)8-16)13(17)9-4-2-1-3-5-9/h1-8,13,17H. The van der Waals surface area contributed by atoms with E-state index in [1.165, 1.54) is 12.4 Å². The summed E-state index contributed by atoms with van der Waals surface area (Å²) in [7, 11) is 0. The second-order valence-corrected chi connectivity index (χ2v) is 4.41. The van der Waals surface area contributed by atoms with Crippen molar-refractivity contribution in [3.63, 3.8) is 0 Å². The van der Waals surface area contributed by atoms with Crippen LogP contribution >= 0.6 is 15.9 Å². The van der Waals surface area contributed by atoms with Gasteiger partial charge >= 0.3 is 0 Å². The van der Waals surface area contributed by atoms with Crippen molar-refractivity contribution in [1.29, 1.82) is 0 Å². The maximum absolute atomic E-state index is 11.0. The van der Waals surface area contributed by atoms with Gasteiger partial charge in [0.1, 0.15) is 6.10 Å². The third kappa shape index (κ3) is 2.43. The minimum atomic E-state index is -0.846. The number of aromatic nitrogens is 1. The van der Waals surface area contributed by atoms with Crippen LogP contribution < -0.4 is 0 Å². The van der Waals surface area contributed by atoms with Crippen LogP contribution in [0.2, 0.25) is 0 Å². The Hall–Kier alpha value is -1.52. The summed E-state index contributed by atoms with van der Waals surface area (Å²) < 4.78 is 0.583. The molecule has 0 saturated carbocycles. The molecular weight excluding hydrogens is 282 g/mol. The molecule has 1 N–H and O–H groups in total. The zero-order valence-electron chi connectivity index (χ0n) is 8.88. The normalized spacial score (nSPS) is 12.1. The molecule has 0 radical (unpaired) electrons. The molecule has 0 spiro atoms. The predicted octanol–water partition coefficient (Wildman–Crippen LogP) is 2.74. The summed E-state index contributed by atoms with van der Waals surface area (Å²) in [4.78, 5) is 15.0. The number of halogens is 1. The van der Waals surface area contributed by atoms with E-state index in [1.54, 1.807) is 12.1 Å². The van der Waals surface area contributed by atoms with Crippen LogP contribution in [0, 0.1) is 0 Å². The van der Waals surface area contributed by atoms with E-state index in [2.05, 4.69) is 20.9 Å². The highest BCUT2D eigenvalue weighted by Gasteiger charge is 2.16. The lowest BCUT2D eigenvalue weighted by molar-refractivity contribution is 0.111. The van der Waals surface area contributed by atoms with Crippen molar-refractivity contribution in [3.05, 3.63) is 63.9 Å². The molecule has 17 heavy (non-hydrogen) atoms. The van der Waals surface area contributed by atoms with Crippen LogP contribution in [0.25, 0.3) is 0 Å². The van der Waals surface area contributed by atoms with E-state index in [0.717, 1.165) is 5.56 Å². The van der Waals surface area contributed by atoms with Gasteiger partial charge in [0, 0.05) is 28.0 Å². The summed E-state index contributed by atoms with van der Waals surface area (Å²) >= 11 is 3.24. The average Bonchev–Trinajstić information content (AvgIpc) is 2.38. The third-order valence-corrected chi connectivity index (χ3v) is 3.13. The molecule has 2 rings (SSSR count). The van der Waals surface area contributed by atoms with Crippen molar-refractivity contribution in [2.75, 3.05) is 0 Å². The number of pyridine rings is 1. The van der Waals surface area contributed by atoms with Crippen LogP contribution in [0.1, 0.15) is 27.6 Å². The molecule has 4 heteroatoms. The van der Waals surface area contributed by atoms with Gasteiger partial charge in [-0.15, -0.1) is 0 Å². The van der Waals surface area contributed by atoms with Gasteiger partial charge in [-0.25, -0.2) is 0 Å². The molecule has 1 unspecified atom stereocenters. The maximum atomic E-state index is 11.0.